The number of rotatable bonds is 4. The van der Waals surface area contributed by atoms with Gasteiger partial charge >= 0.3 is 0 Å². The van der Waals surface area contributed by atoms with Crippen LogP contribution in [0.5, 0.6) is 0 Å². The Kier molecular flexibility index (Phi) is 2.68. The summed E-state index contributed by atoms with van der Waals surface area (Å²) in [6, 6.07) is 4.05. The van der Waals surface area contributed by atoms with E-state index in [0.29, 0.717) is 0 Å². The van der Waals surface area contributed by atoms with E-state index in [0.717, 1.165) is 23.6 Å². The van der Waals surface area contributed by atoms with Crippen LogP contribution in [-0.4, -0.2) is 25.6 Å². The molecule has 0 radical (unpaired) electrons. The number of nitrogens with one attached hydrogen (secondary N) is 1. The van der Waals surface area contributed by atoms with Crippen molar-refractivity contribution in [3.05, 3.63) is 42.9 Å². The maximum Gasteiger partial charge on any atom is 0.203 e. The molecule has 3 aromatic rings. The summed E-state index contributed by atoms with van der Waals surface area (Å²) < 4.78 is 7.15. The molecule has 3 heterocycles. The lowest BCUT2D eigenvalue weighted by Gasteiger charge is -2.13. The summed E-state index contributed by atoms with van der Waals surface area (Å²) >= 11 is 0. The minimum absolute atomic E-state index is 0.201. The van der Waals surface area contributed by atoms with Gasteiger partial charge in [-0.25, -0.2) is 4.98 Å². The lowest BCUT2D eigenvalue weighted by atomic mass is 10.2. The molecule has 0 aliphatic carbocycles. The van der Waals surface area contributed by atoms with Gasteiger partial charge in [0.1, 0.15) is 12.1 Å². The monoisotopic (exact) mass is 243 g/mol. The summed E-state index contributed by atoms with van der Waals surface area (Å²) in [5, 5.41) is 11.2. The third-order valence-electron chi connectivity index (χ3n) is 2.69. The Morgan fingerprint density at radius 1 is 1.50 bits per heavy atom. The highest BCUT2D eigenvalue weighted by Crippen LogP contribution is 2.13. The molecule has 1 atom stereocenters. The van der Waals surface area contributed by atoms with Gasteiger partial charge in [0.15, 0.2) is 5.82 Å². The molecule has 6 nitrogen and oxygen atoms in total. The van der Waals surface area contributed by atoms with Gasteiger partial charge in [0.25, 0.3) is 0 Å². The topological polar surface area (TPSA) is 68.2 Å². The van der Waals surface area contributed by atoms with Crippen molar-refractivity contribution in [3.63, 3.8) is 0 Å². The van der Waals surface area contributed by atoms with Crippen molar-refractivity contribution in [1.29, 1.82) is 0 Å². The number of fused-ring (bicyclic) bond motifs is 1. The molecular formula is C12H13N5O. The summed E-state index contributed by atoms with van der Waals surface area (Å²) in [6.07, 6.45) is 7.67. The third-order valence-corrected chi connectivity index (χ3v) is 2.69. The van der Waals surface area contributed by atoms with Gasteiger partial charge in [0.05, 0.1) is 6.26 Å². The average Bonchev–Trinajstić information content (AvgIpc) is 2.99. The standard InChI is InChI=1S/C12H13N5O/c1-9(7-10-3-2-6-18-10)15-11-12-16-14-8-17(12)5-4-13-11/h2-6,8-9H,7H2,1H3,(H,13,15). The molecule has 0 bridgehead atoms. The highest BCUT2D eigenvalue weighted by Gasteiger charge is 2.10. The fraction of sp³-hybridized carbons (Fsp3) is 0.250. The first-order valence-electron chi connectivity index (χ1n) is 5.76. The molecule has 6 heteroatoms. The number of aromatic nitrogens is 4. The molecule has 0 saturated heterocycles. The molecule has 0 aliphatic heterocycles. The van der Waals surface area contributed by atoms with Crippen LogP contribution in [0, 0.1) is 0 Å². The van der Waals surface area contributed by atoms with Crippen LogP contribution in [0.1, 0.15) is 12.7 Å². The first-order chi connectivity index (χ1) is 8.83. The van der Waals surface area contributed by atoms with Crippen LogP contribution < -0.4 is 5.32 Å². The molecule has 0 spiro atoms. The molecule has 0 aromatic carbocycles. The van der Waals surface area contributed by atoms with Crippen LogP contribution in [0.15, 0.2) is 41.5 Å². The van der Waals surface area contributed by atoms with Gasteiger partial charge in [0, 0.05) is 24.9 Å². The smallest absolute Gasteiger partial charge is 0.203 e. The number of hydrogen-bond donors (Lipinski definition) is 1. The Hall–Kier alpha value is -2.37. The van der Waals surface area contributed by atoms with Crippen LogP contribution in [0.2, 0.25) is 0 Å². The van der Waals surface area contributed by atoms with E-state index in [2.05, 4.69) is 27.4 Å². The highest BCUT2D eigenvalue weighted by molar-refractivity contribution is 5.61. The molecule has 3 aromatic heterocycles. The Balaban J connectivity index is 1.77. The molecule has 0 fully saturated rings. The summed E-state index contributed by atoms with van der Waals surface area (Å²) in [5.41, 5.74) is 0.726. The molecule has 1 N–H and O–H groups in total. The van der Waals surface area contributed by atoms with Crippen LogP contribution in [0.4, 0.5) is 5.82 Å². The van der Waals surface area contributed by atoms with E-state index < -0.39 is 0 Å². The van der Waals surface area contributed by atoms with Crippen molar-refractivity contribution in [2.75, 3.05) is 5.32 Å². The first kappa shape index (κ1) is 10.8. The molecule has 0 aliphatic rings. The van der Waals surface area contributed by atoms with Crippen LogP contribution in [0.25, 0.3) is 5.65 Å². The molecule has 0 amide bonds. The van der Waals surface area contributed by atoms with E-state index in [-0.39, 0.29) is 6.04 Å². The lowest BCUT2D eigenvalue weighted by molar-refractivity contribution is 0.497. The maximum atomic E-state index is 5.32. The molecule has 18 heavy (non-hydrogen) atoms. The zero-order valence-corrected chi connectivity index (χ0v) is 9.95. The summed E-state index contributed by atoms with van der Waals surface area (Å²) in [4.78, 5) is 4.28. The second kappa shape index (κ2) is 4.48. The van der Waals surface area contributed by atoms with Gasteiger partial charge in [-0.1, -0.05) is 0 Å². The predicted octanol–water partition coefficient (Wildman–Crippen LogP) is 1.76. The van der Waals surface area contributed by atoms with Crippen molar-refractivity contribution in [3.8, 4) is 0 Å². The maximum absolute atomic E-state index is 5.32. The van der Waals surface area contributed by atoms with Gasteiger partial charge in [0.2, 0.25) is 5.65 Å². The molecular weight excluding hydrogens is 230 g/mol. The van der Waals surface area contributed by atoms with E-state index in [1.54, 1.807) is 18.8 Å². The van der Waals surface area contributed by atoms with E-state index in [1.165, 1.54) is 0 Å². The Bertz CT molecular complexity index is 631. The Morgan fingerprint density at radius 3 is 3.28 bits per heavy atom. The van der Waals surface area contributed by atoms with Crippen LogP contribution >= 0.6 is 0 Å². The zero-order chi connectivity index (χ0) is 12.4. The Labute approximate surface area is 104 Å². The van der Waals surface area contributed by atoms with E-state index in [4.69, 9.17) is 4.42 Å². The van der Waals surface area contributed by atoms with Crippen LogP contribution in [0.3, 0.4) is 0 Å². The number of furan rings is 1. The largest absolute Gasteiger partial charge is 0.469 e. The normalized spacial score (nSPS) is 12.7. The zero-order valence-electron chi connectivity index (χ0n) is 9.95. The minimum Gasteiger partial charge on any atom is -0.469 e. The van der Waals surface area contributed by atoms with Crippen molar-refractivity contribution >= 4 is 11.5 Å². The molecule has 1 unspecified atom stereocenters. The molecule has 92 valence electrons. The Morgan fingerprint density at radius 2 is 2.44 bits per heavy atom. The number of anilines is 1. The van der Waals surface area contributed by atoms with E-state index in [1.807, 2.05) is 22.7 Å². The van der Waals surface area contributed by atoms with E-state index >= 15 is 0 Å². The summed E-state index contributed by atoms with van der Waals surface area (Å²) in [5.74, 6) is 1.68. The van der Waals surface area contributed by atoms with Crippen molar-refractivity contribution in [1.82, 2.24) is 19.6 Å². The average molecular weight is 243 g/mol. The van der Waals surface area contributed by atoms with Crippen molar-refractivity contribution in [2.24, 2.45) is 0 Å². The van der Waals surface area contributed by atoms with Crippen LogP contribution in [-0.2, 0) is 6.42 Å². The quantitative estimate of drug-likeness (QED) is 0.756. The molecule has 0 saturated carbocycles. The number of hydrogen-bond acceptors (Lipinski definition) is 5. The second-order valence-corrected chi connectivity index (χ2v) is 4.17. The third kappa shape index (κ3) is 2.04. The van der Waals surface area contributed by atoms with Gasteiger partial charge < -0.3 is 9.73 Å². The number of nitrogens with zero attached hydrogens (tertiary/aromatic N) is 4. The van der Waals surface area contributed by atoms with Gasteiger partial charge in [-0.2, -0.15) is 0 Å². The van der Waals surface area contributed by atoms with Crippen molar-refractivity contribution in [2.45, 2.75) is 19.4 Å². The second-order valence-electron chi connectivity index (χ2n) is 4.17. The fourth-order valence-corrected chi connectivity index (χ4v) is 1.88. The fourth-order valence-electron chi connectivity index (χ4n) is 1.88. The van der Waals surface area contributed by atoms with E-state index in [9.17, 15) is 0 Å². The highest BCUT2D eigenvalue weighted by atomic mass is 16.3. The van der Waals surface area contributed by atoms with Gasteiger partial charge in [-0.3, -0.25) is 4.40 Å². The minimum atomic E-state index is 0.201. The predicted molar refractivity (Wildman–Crippen MR) is 66.3 cm³/mol. The van der Waals surface area contributed by atoms with Gasteiger partial charge in [-0.05, 0) is 19.1 Å². The summed E-state index contributed by atoms with van der Waals surface area (Å²) in [7, 11) is 0. The van der Waals surface area contributed by atoms with Crippen molar-refractivity contribution < 1.29 is 4.42 Å². The lowest BCUT2D eigenvalue weighted by Crippen LogP contribution is -2.19. The SMILES string of the molecule is CC(Cc1ccco1)Nc1nccn2cnnc12. The summed E-state index contributed by atoms with van der Waals surface area (Å²) in [6.45, 7) is 2.07. The van der Waals surface area contributed by atoms with Gasteiger partial charge in [-0.15, -0.1) is 10.2 Å². The molecule has 3 rings (SSSR count). The first-order valence-corrected chi connectivity index (χ1v) is 5.76.